The fourth-order valence-corrected chi connectivity index (χ4v) is 3.32. The van der Waals surface area contributed by atoms with Gasteiger partial charge in [0, 0.05) is 16.8 Å². The predicted molar refractivity (Wildman–Crippen MR) is 95.6 cm³/mol. The van der Waals surface area contributed by atoms with Crippen molar-refractivity contribution in [3.63, 3.8) is 0 Å². The van der Waals surface area contributed by atoms with Crippen LogP contribution in [0.25, 0.3) is 0 Å². The monoisotopic (exact) mass is 357 g/mol. The molecule has 2 N–H and O–H groups in total. The molecule has 0 atom stereocenters. The van der Waals surface area contributed by atoms with Crippen LogP contribution in [-0.2, 0) is 10.0 Å². The summed E-state index contributed by atoms with van der Waals surface area (Å²) in [4.78, 5) is 12.0. The number of nitrogens with one attached hydrogen (secondary N) is 2. The lowest BCUT2D eigenvalue weighted by Crippen LogP contribution is -2.40. The van der Waals surface area contributed by atoms with Crippen molar-refractivity contribution in [1.82, 2.24) is 5.32 Å². The first-order chi connectivity index (χ1) is 11.6. The van der Waals surface area contributed by atoms with Gasteiger partial charge in [-0.3, -0.25) is 9.52 Å². The number of nitrogens with zero attached hydrogens (tertiary/aromatic N) is 1. The summed E-state index contributed by atoms with van der Waals surface area (Å²) in [7, 11) is -3.89. The standard InChI is InChI=1S/C18H19N3O3S/c1-18(2,3)20-17(22)13-8-10-15(11-9-13)21-25(23,24)16-7-5-4-6-14(16)12-19/h4-11,21H,1-3H3,(H,20,22). The molecule has 0 heterocycles. The van der Waals surface area contributed by atoms with E-state index >= 15 is 0 Å². The first-order valence-electron chi connectivity index (χ1n) is 7.57. The number of hydrogen-bond acceptors (Lipinski definition) is 4. The van der Waals surface area contributed by atoms with E-state index in [2.05, 4.69) is 10.0 Å². The lowest BCUT2D eigenvalue weighted by atomic mass is 10.1. The van der Waals surface area contributed by atoms with Gasteiger partial charge in [-0.15, -0.1) is 0 Å². The summed E-state index contributed by atoms with van der Waals surface area (Å²) in [5.41, 5.74) is 0.435. The number of sulfonamides is 1. The van der Waals surface area contributed by atoms with Crippen molar-refractivity contribution in [2.45, 2.75) is 31.2 Å². The van der Waals surface area contributed by atoms with E-state index in [9.17, 15) is 13.2 Å². The molecule has 2 aromatic carbocycles. The van der Waals surface area contributed by atoms with E-state index in [4.69, 9.17) is 5.26 Å². The molecule has 2 rings (SSSR count). The molecule has 7 heteroatoms. The van der Waals surface area contributed by atoms with Crippen LogP contribution in [0.4, 0.5) is 5.69 Å². The van der Waals surface area contributed by atoms with Gasteiger partial charge in [0.2, 0.25) is 0 Å². The van der Waals surface area contributed by atoms with Crippen molar-refractivity contribution in [3.8, 4) is 6.07 Å². The predicted octanol–water partition coefficient (Wildman–Crippen LogP) is 2.89. The van der Waals surface area contributed by atoms with E-state index in [-0.39, 0.29) is 21.9 Å². The number of rotatable bonds is 4. The Morgan fingerprint density at radius 3 is 2.20 bits per heavy atom. The van der Waals surface area contributed by atoms with E-state index in [0.717, 1.165) is 0 Å². The lowest BCUT2D eigenvalue weighted by molar-refractivity contribution is 0.0919. The minimum absolute atomic E-state index is 0.0659. The fourth-order valence-electron chi connectivity index (χ4n) is 2.11. The zero-order valence-corrected chi connectivity index (χ0v) is 15.0. The highest BCUT2D eigenvalue weighted by Crippen LogP contribution is 2.19. The second-order valence-corrected chi connectivity index (χ2v) is 8.15. The second-order valence-electron chi connectivity index (χ2n) is 6.49. The number of carbonyl (C=O) groups excluding carboxylic acids is 1. The minimum atomic E-state index is -3.89. The minimum Gasteiger partial charge on any atom is -0.347 e. The van der Waals surface area contributed by atoms with Crippen LogP contribution in [0, 0.1) is 11.3 Å². The number of carbonyl (C=O) groups is 1. The molecular formula is C18H19N3O3S. The smallest absolute Gasteiger partial charge is 0.263 e. The largest absolute Gasteiger partial charge is 0.347 e. The summed E-state index contributed by atoms with van der Waals surface area (Å²) in [5.74, 6) is -0.239. The molecular weight excluding hydrogens is 338 g/mol. The molecule has 0 saturated heterocycles. The highest BCUT2D eigenvalue weighted by atomic mass is 32.2. The average molecular weight is 357 g/mol. The Labute approximate surface area is 147 Å². The van der Waals surface area contributed by atoms with E-state index in [1.54, 1.807) is 12.1 Å². The van der Waals surface area contributed by atoms with Crippen molar-refractivity contribution in [3.05, 3.63) is 59.7 Å². The van der Waals surface area contributed by atoms with Crippen LogP contribution in [0.3, 0.4) is 0 Å². The molecule has 0 radical (unpaired) electrons. The van der Waals surface area contributed by atoms with E-state index in [1.165, 1.54) is 36.4 Å². The molecule has 6 nitrogen and oxygen atoms in total. The third-order valence-corrected chi connectivity index (χ3v) is 4.62. The quantitative estimate of drug-likeness (QED) is 0.879. The molecule has 1 amide bonds. The molecule has 0 aromatic heterocycles. The molecule has 0 aliphatic heterocycles. The van der Waals surface area contributed by atoms with Gasteiger partial charge in [-0.05, 0) is 57.2 Å². The summed E-state index contributed by atoms with van der Waals surface area (Å²) in [6.07, 6.45) is 0. The molecule has 130 valence electrons. The van der Waals surface area contributed by atoms with Crippen LogP contribution in [0.2, 0.25) is 0 Å². The Morgan fingerprint density at radius 1 is 1.04 bits per heavy atom. The highest BCUT2D eigenvalue weighted by Gasteiger charge is 2.19. The number of benzene rings is 2. The highest BCUT2D eigenvalue weighted by molar-refractivity contribution is 7.92. The van der Waals surface area contributed by atoms with E-state index in [0.29, 0.717) is 11.3 Å². The molecule has 0 fully saturated rings. The number of amides is 1. The van der Waals surface area contributed by atoms with Gasteiger partial charge >= 0.3 is 0 Å². The molecule has 0 aliphatic rings. The van der Waals surface area contributed by atoms with Crippen molar-refractivity contribution >= 4 is 21.6 Å². The van der Waals surface area contributed by atoms with Gasteiger partial charge in [0.05, 0.1) is 5.56 Å². The van der Waals surface area contributed by atoms with E-state index < -0.39 is 10.0 Å². The summed E-state index contributed by atoms with van der Waals surface area (Å²) in [5, 5.41) is 11.9. The zero-order valence-electron chi connectivity index (χ0n) is 14.2. The van der Waals surface area contributed by atoms with Gasteiger partial charge in [0.1, 0.15) is 11.0 Å². The Kier molecular flexibility index (Phi) is 5.14. The van der Waals surface area contributed by atoms with Gasteiger partial charge in [0.25, 0.3) is 15.9 Å². The van der Waals surface area contributed by atoms with Crippen molar-refractivity contribution in [2.24, 2.45) is 0 Å². The van der Waals surface area contributed by atoms with Crippen LogP contribution in [0.5, 0.6) is 0 Å². The SMILES string of the molecule is CC(C)(C)NC(=O)c1ccc(NS(=O)(=O)c2ccccc2C#N)cc1. The fraction of sp³-hybridized carbons (Fsp3) is 0.222. The van der Waals surface area contributed by atoms with Crippen LogP contribution in [0.1, 0.15) is 36.7 Å². The molecule has 0 unspecified atom stereocenters. The van der Waals surface area contributed by atoms with Gasteiger partial charge in [-0.1, -0.05) is 12.1 Å². The first-order valence-corrected chi connectivity index (χ1v) is 9.05. The Hall–Kier alpha value is -2.85. The number of anilines is 1. The topological polar surface area (TPSA) is 99.1 Å². The summed E-state index contributed by atoms with van der Waals surface area (Å²) in [6, 6.07) is 13.9. The Morgan fingerprint density at radius 2 is 1.64 bits per heavy atom. The lowest BCUT2D eigenvalue weighted by Gasteiger charge is -2.20. The average Bonchev–Trinajstić information content (AvgIpc) is 2.53. The van der Waals surface area contributed by atoms with Crippen LogP contribution in [0.15, 0.2) is 53.4 Å². The van der Waals surface area contributed by atoms with Crippen LogP contribution < -0.4 is 10.0 Å². The second kappa shape index (κ2) is 6.95. The number of hydrogen-bond donors (Lipinski definition) is 2. The van der Waals surface area contributed by atoms with Crippen molar-refractivity contribution in [2.75, 3.05) is 4.72 Å². The molecule has 0 saturated carbocycles. The zero-order chi connectivity index (χ0) is 18.7. The van der Waals surface area contributed by atoms with Crippen LogP contribution in [-0.4, -0.2) is 19.9 Å². The molecule has 0 bridgehead atoms. The Bertz CT molecular complexity index is 921. The summed E-state index contributed by atoms with van der Waals surface area (Å²) in [6.45, 7) is 5.63. The summed E-state index contributed by atoms with van der Waals surface area (Å²) >= 11 is 0. The van der Waals surface area contributed by atoms with E-state index in [1.807, 2.05) is 26.8 Å². The summed E-state index contributed by atoms with van der Waals surface area (Å²) < 4.78 is 27.3. The third kappa shape index (κ3) is 4.81. The van der Waals surface area contributed by atoms with Crippen molar-refractivity contribution < 1.29 is 13.2 Å². The van der Waals surface area contributed by atoms with Gasteiger partial charge < -0.3 is 5.32 Å². The van der Waals surface area contributed by atoms with Crippen molar-refractivity contribution in [1.29, 1.82) is 5.26 Å². The maximum Gasteiger partial charge on any atom is 0.263 e. The molecule has 2 aromatic rings. The molecule has 25 heavy (non-hydrogen) atoms. The van der Waals surface area contributed by atoms with Gasteiger partial charge in [-0.25, -0.2) is 8.42 Å². The van der Waals surface area contributed by atoms with Crippen LogP contribution >= 0.6 is 0 Å². The Balaban J connectivity index is 2.21. The molecule has 0 aliphatic carbocycles. The van der Waals surface area contributed by atoms with Gasteiger partial charge in [-0.2, -0.15) is 5.26 Å². The normalized spacial score (nSPS) is 11.4. The first kappa shape index (κ1) is 18.5. The number of nitriles is 1. The maximum absolute atomic E-state index is 12.4. The maximum atomic E-state index is 12.4. The molecule has 0 spiro atoms. The third-order valence-electron chi connectivity index (χ3n) is 3.18. The van der Waals surface area contributed by atoms with Gasteiger partial charge in [0.15, 0.2) is 0 Å².